The molecule has 1 N–H and O–H groups in total. The van der Waals surface area contributed by atoms with E-state index in [0.717, 1.165) is 17.8 Å². The monoisotopic (exact) mass is 274 g/mol. The molecule has 2 aromatic rings. The number of nitrogens with one attached hydrogen (secondary N) is 1. The molecule has 1 aromatic heterocycles. The van der Waals surface area contributed by atoms with Gasteiger partial charge in [-0.15, -0.1) is 0 Å². The van der Waals surface area contributed by atoms with Gasteiger partial charge in [-0.2, -0.15) is 5.10 Å². The van der Waals surface area contributed by atoms with E-state index in [0.29, 0.717) is 11.7 Å². The van der Waals surface area contributed by atoms with Gasteiger partial charge in [0, 0.05) is 36.0 Å². The second kappa shape index (κ2) is 5.83. The van der Waals surface area contributed by atoms with Gasteiger partial charge in [0.2, 0.25) is 0 Å². The van der Waals surface area contributed by atoms with Crippen molar-refractivity contribution in [1.29, 1.82) is 0 Å². The molecule has 0 aliphatic carbocycles. The number of rotatable bonds is 5. The maximum Gasteiger partial charge on any atom is 0.271 e. The number of aromatic nitrogens is 2. The minimum absolute atomic E-state index is 0.0688. The molecule has 0 aliphatic heterocycles. The van der Waals surface area contributed by atoms with Crippen molar-refractivity contribution in [2.45, 2.75) is 33.4 Å². The van der Waals surface area contributed by atoms with E-state index in [-0.39, 0.29) is 5.69 Å². The van der Waals surface area contributed by atoms with Crippen LogP contribution in [-0.4, -0.2) is 20.7 Å². The van der Waals surface area contributed by atoms with Gasteiger partial charge in [0.15, 0.2) is 0 Å². The van der Waals surface area contributed by atoms with Gasteiger partial charge in [0.1, 0.15) is 0 Å². The molecule has 0 saturated heterocycles. The van der Waals surface area contributed by atoms with E-state index in [1.807, 2.05) is 13.0 Å². The van der Waals surface area contributed by atoms with Crippen LogP contribution >= 0.6 is 0 Å². The molecule has 106 valence electrons. The molecule has 0 atom stereocenters. The molecule has 0 aliphatic rings. The van der Waals surface area contributed by atoms with Crippen molar-refractivity contribution in [2.24, 2.45) is 0 Å². The van der Waals surface area contributed by atoms with Crippen LogP contribution in [0.15, 0.2) is 30.5 Å². The second-order valence-electron chi connectivity index (χ2n) is 4.98. The van der Waals surface area contributed by atoms with Gasteiger partial charge in [-0.25, -0.2) is 4.68 Å². The summed E-state index contributed by atoms with van der Waals surface area (Å²) in [6.07, 6.45) is 1.80. The van der Waals surface area contributed by atoms with Crippen molar-refractivity contribution in [3.63, 3.8) is 0 Å². The average molecular weight is 274 g/mol. The third kappa shape index (κ3) is 3.03. The van der Waals surface area contributed by atoms with E-state index in [1.165, 1.54) is 12.1 Å². The molecule has 2 rings (SSSR count). The number of nitrogens with zero attached hydrogens (tertiary/aromatic N) is 3. The smallest absolute Gasteiger partial charge is 0.271 e. The van der Waals surface area contributed by atoms with Crippen molar-refractivity contribution in [1.82, 2.24) is 15.1 Å². The van der Waals surface area contributed by atoms with Crippen molar-refractivity contribution >= 4 is 5.69 Å². The second-order valence-corrected chi connectivity index (χ2v) is 4.98. The van der Waals surface area contributed by atoms with Crippen molar-refractivity contribution < 1.29 is 4.92 Å². The third-order valence-electron chi connectivity index (χ3n) is 3.10. The summed E-state index contributed by atoms with van der Waals surface area (Å²) in [5.41, 5.74) is 2.84. The molecular formula is C14H18N4O2. The Bertz CT molecular complexity index is 619. The minimum Gasteiger partial charge on any atom is -0.310 e. The first-order valence-corrected chi connectivity index (χ1v) is 6.50. The lowest BCUT2D eigenvalue weighted by atomic mass is 10.2. The van der Waals surface area contributed by atoms with Crippen molar-refractivity contribution in [3.8, 4) is 5.69 Å². The maximum absolute atomic E-state index is 10.8. The lowest BCUT2D eigenvalue weighted by molar-refractivity contribution is -0.384. The van der Waals surface area contributed by atoms with E-state index in [4.69, 9.17) is 0 Å². The number of hydrogen-bond donors (Lipinski definition) is 1. The Labute approximate surface area is 117 Å². The van der Waals surface area contributed by atoms with Crippen LogP contribution in [0.25, 0.3) is 5.69 Å². The molecule has 1 heterocycles. The number of non-ortho nitro benzene ring substituents is 1. The SMILES string of the molecule is Cc1c(CNC(C)C)cnn1-c1cccc([N+](=O)[O-])c1. The van der Waals surface area contributed by atoms with E-state index >= 15 is 0 Å². The zero-order valence-electron chi connectivity index (χ0n) is 11.8. The molecule has 1 aromatic carbocycles. The van der Waals surface area contributed by atoms with Crippen LogP contribution in [-0.2, 0) is 6.54 Å². The Morgan fingerprint density at radius 1 is 1.45 bits per heavy atom. The predicted octanol–water partition coefficient (Wildman–Crippen LogP) is 2.59. The van der Waals surface area contributed by atoms with E-state index < -0.39 is 4.92 Å². The Morgan fingerprint density at radius 3 is 2.85 bits per heavy atom. The van der Waals surface area contributed by atoms with Gasteiger partial charge >= 0.3 is 0 Å². The number of nitro groups is 1. The summed E-state index contributed by atoms with van der Waals surface area (Å²) in [6, 6.07) is 6.88. The topological polar surface area (TPSA) is 73.0 Å². The summed E-state index contributed by atoms with van der Waals surface area (Å²) in [7, 11) is 0. The molecular weight excluding hydrogens is 256 g/mol. The molecule has 6 nitrogen and oxygen atoms in total. The Hall–Kier alpha value is -2.21. The maximum atomic E-state index is 10.8. The van der Waals surface area contributed by atoms with Crippen LogP contribution in [0.4, 0.5) is 5.69 Å². The highest BCUT2D eigenvalue weighted by Gasteiger charge is 2.11. The highest BCUT2D eigenvalue weighted by atomic mass is 16.6. The number of nitro benzene ring substituents is 1. The third-order valence-corrected chi connectivity index (χ3v) is 3.10. The fourth-order valence-corrected chi connectivity index (χ4v) is 1.93. The highest BCUT2D eigenvalue weighted by Crippen LogP contribution is 2.19. The van der Waals surface area contributed by atoms with Gasteiger partial charge in [-0.05, 0) is 13.0 Å². The molecule has 0 amide bonds. The van der Waals surface area contributed by atoms with Crippen molar-refractivity contribution in [2.75, 3.05) is 0 Å². The molecule has 0 radical (unpaired) electrons. The Kier molecular flexibility index (Phi) is 4.14. The van der Waals surface area contributed by atoms with E-state index in [9.17, 15) is 10.1 Å². The minimum atomic E-state index is -0.399. The largest absolute Gasteiger partial charge is 0.310 e. The number of hydrogen-bond acceptors (Lipinski definition) is 4. The van der Waals surface area contributed by atoms with Crippen LogP contribution < -0.4 is 5.32 Å². The van der Waals surface area contributed by atoms with Crippen LogP contribution in [0.5, 0.6) is 0 Å². The summed E-state index contributed by atoms with van der Waals surface area (Å²) in [4.78, 5) is 10.4. The first-order valence-electron chi connectivity index (χ1n) is 6.50. The lowest BCUT2D eigenvalue weighted by Crippen LogP contribution is -2.22. The van der Waals surface area contributed by atoms with Crippen LogP contribution in [0.2, 0.25) is 0 Å². The summed E-state index contributed by atoms with van der Waals surface area (Å²) in [6.45, 7) is 6.86. The molecule has 0 unspecified atom stereocenters. The average Bonchev–Trinajstić information content (AvgIpc) is 2.78. The fraction of sp³-hybridized carbons (Fsp3) is 0.357. The normalized spacial score (nSPS) is 11.0. The summed E-state index contributed by atoms with van der Waals surface area (Å²) >= 11 is 0. The summed E-state index contributed by atoms with van der Waals surface area (Å²) in [5.74, 6) is 0. The first-order chi connectivity index (χ1) is 9.49. The van der Waals surface area contributed by atoms with E-state index in [1.54, 1.807) is 16.9 Å². The fourth-order valence-electron chi connectivity index (χ4n) is 1.93. The van der Waals surface area contributed by atoms with Gasteiger partial charge in [0.25, 0.3) is 5.69 Å². The molecule has 6 heteroatoms. The van der Waals surface area contributed by atoms with Crippen molar-refractivity contribution in [3.05, 3.63) is 51.8 Å². The highest BCUT2D eigenvalue weighted by molar-refractivity contribution is 5.44. The molecule has 0 spiro atoms. The molecule has 0 fully saturated rings. The molecule has 20 heavy (non-hydrogen) atoms. The summed E-state index contributed by atoms with van der Waals surface area (Å²) < 4.78 is 1.73. The molecule has 0 bridgehead atoms. The van der Waals surface area contributed by atoms with Gasteiger partial charge in [-0.3, -0.25) is 10.1 Å². The lowest BCUT2D eigenvalue weighted by Gasteiger charge is -2.08. The standard InChI is InChI=1S/C14H18N4O2/c1-10(2)15-8-12-9-16-17(11(12)3)13-5-4-6-14(7-13)18(19)20/h4-7,9-10,15H,8H2,1-3H3. The van der Waals surface area contributed by atoms with E-state index in [2.05, 4.69) is 24.3 Å². The zero-order valence-corrected chi connectivity index (χ0v) is 11.8. The Morgan fingerprint density at radius 2 is 2.20 bits per heavy atom. The van der Waals surface area contributed by atoms with Gasteiger partial charge < -0.3 is 5.32 Å². The van der Waals surface area contributed by atoms with Gasteiger partial charge in [-0.1, -0.05) is 19.9 Å². The van der Waals surface area contributed by atoms with Crippen LogP contribution in [0, 0.1) is 17.0 Å². The Balaban J connectivity index is 2.29. The quantitative estimate of drug-likeness (QED) is 0.672. The van der Waals surface area contributed by atoms with Crippen LogP contribution in [0.1, 0.15) is 25.1 Å². The summed E-state index contributed by atoms with van der Waals surface area (Å²) in [5, 5.41) is 18.5. The predicted molar refractivity (Wildman–Crippen MR) is 76.9 cm³/mol. The molecule has 0 saturated carbocycles. The van der Waals surface area contributed by atoms with Crippen LogP contribution in [0.3, 0.4) is 0 Å². The zero-order chi connectivity index (χ0) is 14.7. The first kappa shape index (κ1) is 14.2. The number of benzene rings is 1. The van der Waals surface area contributed by atoms with Gasteiger partial charge in [0.05, 0.1) is 16.8 Å².